The number of carbonyl (C=O) groups is 2. The molecule has 4 nitrogen and oxygen atoms in total. The van der Waals surface area contributed by atoms with Crippen LogP contribution in [0.5, 0.6) is 0 Å². The molecule has 0 spiro atoms. The van der Waals surface area contributed by atoms with Crippen LogP contribution in [0.3, 0.4) is 0 Å². The number of aliphatic carboxylic acids is 1. The summed E-state index contributed by atoms with van der Waals surface area (Å²) < 4.78 is 0. The number of nitrogens with one attached hydrogen (secondary N) is 1. The molecule has 2 rings (SSSR count). The van der Waals surface area contributed by atoms with Gasteiger partial charge in [0.25, 0.3) is 0 Å². The smallest absolute Gasteiger partial charge is 0.303 e. The van der Waals surface area contributed by atoms with Gasteiger partial charge in [0.05, 0.1) is 0 Å². The molecule has 4 heteroatoms. The maximum Gasteiger partial charge on any atom is 0.303 e. The van der Waals surface area contributed by atoms with Gasteiger partial charge in [0.15, 0.2) is 0 Å². The van der Waals surface area contributed by atoms with Crippen molar-refractivity contribution in [2.24, 2.45) is 11.8 Å². The number of benzene rings is 1. The van der Waals surface area contributed by atoms with Crippen LogP contribution in [0.25, 0.3) is 0 Å². The van der Waals surface area contributed by atoms with Crippen LogP contribution in [0.2, 0.25) is 0 Å². The maximum atomic E-state index is 12.0. The van der Waals surface area contributed by atoms with E-state index in [4.69, 9.17) is 5.11 Å². The van der Waals surface area contributed by atoms with E-state index in [0.717, 1.165) is 12.8 Å². The van der Waals surface area contributed by atoms with Crippen LogP contribution in [0.15, 0.2) is 24.3 Å². The van der Waals surface area contributed by atoms with Crippen molar-refractivity contribution in [1.82, 2.24) is 5.32 Å². The minimum Gasteiger partial charge on any atom is -0.481 e. The standard InChI is InChI=1S/C15H19NO3/c1-10(6-14(17)18)9-16-15(19)13-7-11-4-2-3-5-12(11)8-13/h2-5,10,13H,6-9H2,1H3,(H,16,19)(H,17,18). The highest BCUT2D eigenvalue weighted by atomic mass is 16.4. The molecule has 1 unspecified atom stereocenters. The van der Waals surface area contributed by atoms with Gasteiger partial charge < -0.3 is 10.4 Å². The minimum absolute atomic E-state index is 0.00516. The third kappa shape index (κ3) is 3.56. The number of carboxylic acid groups (broad SMARTS) is 1. The Kier molecular flexibility index (Phi) is 4.20. The van der Waals surface area contributed by atoms with Crippen LogP contribution in [-0.4, -0.2) is 23.5 Å². The van der Waals surface area contributed by atoms with Crippen molar-refractivity contribution in [1.29, 1.82) is 0 Å². The highest BCUT2D eigenvalue weighted by molar-refractivity contribution is 5.80. The van der Waals surface area contributed by atoms with E-state index < -0.39 is 5.97 Å². The van der Waals surface area contributed by atoms with E-state index in [2.05, 4.69) is 17.4 Å². The summed E-state index contributed by atoms with van der Waals surface area (Å²) in [5.41, 5.74) is 2.50. The van der Waals surface area contributed by atoms with Crippen LogP contribution in [0.4, 0.5) is 0 Å². The lowest BCUT2D eigenvalue weighted by atomic mass is 10.0. The molecular weight excluding hydrogens is 242 g/mol. The average Bonchev–Trinajstić information content (AvgIpc) is 2.78. The van der Waals surface area contributed by atoms with Crippen LogP contribution in [0.1, 0.15) is 24.5 Å². The van der Waals surface area contributed by atoms with Gasteiger partial charge in [0.1, 0.15) is 0 Å². The molecule has 102 valence electrons. The van der Waals surface area contributed by atoms with Crippen molar-refractivity contribution < 1.29 is 14.7 Å². The predicted molar refractivity (Wildman–Crippen MR) is 71.8 cm³/mol. The molecule has 0 aromatic heterocycles. The van der Waals surface area contributed by atoms with Gasteiger partial charge in [0, 0.05) is 18.9 Å². The molecule has 1 aromatic carbocycles. The summed E-state index contributed by atoms with van der Waals surface area (Å²) >= 11 is 0. The van der Waals surface area contributed by atoms with Crippen molar-refractivity contribution >= 4 is 11.9 Å². The Balaban J connectivity index is 1.81. The van der Waals surface area contributed by atoms with Crippen molar-refractivity contribution in [2.75, 3.05) is 6.54 Å². The van der Waals surface area contributed by atoms with E-state index in [0.29, 0.717) is 6.54 Å². The number of hydrogen-bond acceptors (Lipinski definition) is 2. The third-order valence-electron chi connectivity index (χ3n) is 3.57. The number of amides is 1. The Morgan fingerprint density at radius 1 is 1.32 bits per heavy atom. The zero-order chi connectivity index (χ0) is 13.8. The minimum atomic E-state index is -0.824. The molecule has 1 aliphatic rings. The van der Waals surface area contributed by atoms with Gasteiger partial charge >= 0.3 is 5.97 Å². The molecule has 19 heavy (non-hydrogen) atoms. The fourth-order valence-electron chi connectivity index (χ4n) is 2.53. The zero-order valence-electron chi connectivity index (χ0n) is 11.1. The van der Waals surface area contributed by atoms with Crippen LogP contribution < -0.4 is 5.32 Å². The first-order valence-electron chi connectivity index (χ1n) is 6.62. The lowest BCUT2D eigenvalue weighted by Crippen LogP contribution is -2.34. The first-order chi connectivity index (χ1) is 9.06. The van der Waals surface area contributed by atoms with Gasteiger partial charge in [-0.25, -0.2) is 0 Å². The number of rotatable bonds is 5. The molecular formula is C15H19NO3. The second-order valence-electron chi connectivity index (χ2n) is 5.32. The summed E-state index contributed by atoms with van der Waals surface area (Å²) in [6, 6.07) is 8.12. The van der Waals surface area contributed by atoms with Gasteiger partial charge in [-0.1, -0.05) is 31.2 Å². The molecule has 0 heterocycles. The average molecular weight is 261 g/mol. The van der Waals surface area contributed by atoms with E-state index in [1.165, 1.54) is 11.1 Å². The molecule has 1 amide bonds. The molecule has 0 radical (unpaired) electrons. The summed E-state index contributed by atoms with van der Waals surface area (Å²) in [5.74, 6) is -0.830. The lowest BCUT2D eigenvalue weighted by molar-refractivity contribution is -0.138. The second kappa shape index (κ2) is 5.87. The van der Waals surface area contributed by atoms with Crippen molar-refractivity contribution in [3.63, 3.8) is 0 Å². The Bertz CT molecular complexity index is 459. The lowest BCUT2D eigenvalue weighted by Gasteiger charge is -2.13. The van der Waals surface area contributed by atoms with Crippen LogP contribution in [0, 0.1) is 11.8 Å². The molecule has 0 aliphatic heterocycles. The van der Waals surface area contributed by atoms with E-state index in [9.17, 15) is 9.59 Å². The van der Waals surface area contributed by atoms with Crippen LogP contribution in [-0.2, 0) is 22.4 Å². The van der Waals surface area contributed by atoms with Gasteiger partial charge in [0.2, 0.25) is 5.91 Å². The number of carboxylic acids is 1. The van der Waals surface area contributed by atoms with Gasteiger partial charge in [-0.3, -0.25) is 9.59 Å². The van der Waals surface area contributed by atoms with Gasteiger partial charge in [-0.05, 0) is 29.9 Å². The fraction of sp³-hybridized carbons (Fsp3) is 0.467. The summed E-state index contributed by atoms with van der Waals surface area (Å²) in [6.07, 6.45) is 1.66. The predicted octanol–water partition coefficient (Wildman–Crippen LogP) is 1.63. The van der Waals surface area contributed by atoms with Gasteiger partial charge in [-0.2, -0.15) is 0 Å². The summed E-state index contributed by atoms with van der Waals surface area (Å²) in [7, 11) is 0. The van der Waals surface area contributed by atoms with Crippen molar-refractivity contribution in [3.05, 3.63) is 35.4 Å². The molecule has 1 aliphatic carbocycles. The first-order valence-corrected chi connectivity index (χ1v) is 6.62. The third-order valence-corrected chi connectivity index (χ3v) is 3.57. The Morgan fingerprint density at radius 2 is 1.89 bits per heavy atom. The van der Waals surface area contributed by atoms with E-state index in [1.54, 1.807) is 0 Å². The van der Waals surface area contributed by atoms with Crippen molar-refractivity contribution in [2.45, 2.75) is 26.2 Å². The fourth-order valence-corrected chi connectivity index (χ4v) is 2.53. The maximum absolute atomic E-state index is 12.0. The summed E-state index contributed by atoms with van der Waals surface area (Å²) in [4.78, 5) is 22.6. The quantitative estimate of drug-likeness (QED) is 0.846. The highest BCUT2D eigenvalue weighted by Crippen LogP contribution is 2.26. The molecule has 0 fully saturated rings. The second-order valence-corrected chi connectivity index (χ2v) is 5.32. The Morgan fingerprint density at radius 3 is 2.42 bits per heavy atom. The van der Waals surface area contributed by atoms with E-state index >= 15 is 0 Å². The highest BCUT2D eigenvalue weighted by Gasteiger charge is 2.27. The van der Waals surface area contributed by atoms with E-state index in [-0.39, 0.29) is 24.2 Å². The Labute approximate surface area is 112 Å². The number of fused-ring (bicyclic) bond motifs is 1. The van der Waals surface area contributed by atoms with Crippen molar-refractivity contribution in [3.8, 4) is 0 Å². The summed E-state index contributed by atoms with van der Waals surface area (Å²) in [5, 5.41) is 11.5. The van der Waals surface area contributed by atoms with E-state index in [1.807, 2.05) is 19.1 Å². The first kappa shape index (κ1) is 13.6. The molecule has 0 bridgehead atoms. The molecule has 0 saturated carbocycles. The van der Waals surface area contributed by atoms with Crippen LogP contribution >= 0.6 is 0 Å². The monoisotopic (exact) mass is 261 g/mol. The molecule has 1 atom stereocenters. The topological polar surface area (TPSA) is 66.4 Å². The summed E-state index contributed by atoms with van der Waals surface area (Å²) in [6.45, 7) is 2.26. The molecule has 0 saturated heterocycles. The van der Waals surface area contributed by atoms with Gasteiger partial charge in [-0.15, -0.1) is 0 Å². The SMILES string of the molecule is CC(CNC(=O)C1Cc2ccccc2C1)CC(=O)O. The largest absolute Gasteiger partial charge is 0.481 e. The number of hydrogen-bond donors (Lipinski definition) is 2. The molecule has 2 N–H and O–H groups in total. The normalized spacial score (nSPS) is 15.8. The Hall–Kier alpha value is -1.84. The number of carbonyl (C=O) groups excluding carboxylic acids is 1. The molecule has 1 aromatic rings. The zero-order valence-corrected chi connectivity index (χ0v) is 11.1.